The van der Waals surface area contributed by atoms with Gasteiger partial charge in [0.15, 0.2) is 0 Å². The summed E-state index contributed by atoms with van der Waals surface area (Å²) in [5, 5.41) is 3.48. The zero-order valence-electron chi connectivity index (χ0n) is 20.3. The van der Waals surface area contributed by atoms with E-state index in [1.807, 2.05) is 24.3 Å². The van der Waals surface area contributed by atoms with E-state index in [0.717, 1.165) is 17.1 Å². The van der Waals surface area contributed by atoms with Crippen LogP contribution in [-0.4, -0.2) is 36.8 Å². The Balaban J connectivity index is 1.20. The van der Waals surface area contributed by atoms with Crippen LogP contribution in [0.5, 0.6) is 5.75 Å². The number of hydrogen-bond donors (Lipinski definition) is 2. The highest BCUT2D eigenvalue weighted by atomic mass is 32.2. The van der Waals surface area contributed by atoms with Gasteiger partial charge in [0.25, 0.3) is 5.56 Å². The molecule has 37 heavy (non-hydrogen) atoms. The number of anilines is 2. The molecule has 1 fully saturated rings. The Kier molecular flexibility index (Phi) is 6.82. The molecule has 1 unspecified atom stereocenters. The van der Waals surface area contributed by atoms with Gasteiger partial charge in [-0.3, -0.25) is 9.78 Å². The number of aromatic amines is 1. The van der Waals surface area contributed by atoms with E-state index in [-0.39, 0.29) is 11.7 Å². The summed E-state index contributed by atoms with van der Waals surface area (Å²) < 4.78 is 11.5. The van der Waals surface area contributed by atoms with Crippen molar-refractivity contribution in [3.63, 3.8) is 0 Å². The van der Waals surface area contributed by atoms with E-state index in [2.05, 4.69) is 56.6 Å². The predicted molar refractivity (Wildman–Crippen MR) is 147 cm³/mol. The number of nitrogens with one attached hydrogen (secondary N) is 2. The molecule has 7 nitrogen and oxygen atoms in total. The summed E-state index contributed by atoms with van der Waals surface area (Å²) in [7, 11) is 1.66. The summed E-state index contributed by atoms with van der Waals surface area (Å²) in [5.41, 5.74) is 3.77. The summed E-state index contributed by atoms with van der Waals surface area (Å²) in [5.74, 6) is 0.803. The highest BCUT2D eigenvalue weighted by Crippen LogP contribution is 2.51. The molecule has 1 saturated heterocycles. The van der Waals surface area contributed by atoms with Crippen LogP contribution in [0, 0.1) is 0 Å². The largest absolute Gasteiger partial charge is 0.497 e. The van der Waals surface area contributed by atoms with Gasteiger partial charge in [-0.05, 0) is 48.0 Å². The Hall–Kier alpha value is -3.40. The van der Waals surface area contributed by atoms with Gasteiger partial charge in [-0.1, -0.05) is 35.7 Å². The number of hydrogen-bond acceptors (Lipinski definition) is 8. The van der Waals surface area contributed by atoms with Crippen LogP contribution in [-0.2, 0) is 11.3 Å². The fourth-order valence-electron chi connectivity index (χ4n) is 4.58. The minimum absolute atomic E-state index is 0.0660. The van der Waals surface area contributed by atoms with Crippen LogP contribution in [0.1, 0.15) is 17.4 Å². The summed E-state index contributed by atoms with van der Waals surface area (Å²) in [6.45, 7) is 2.54. The summed E-state index contributed by atoms with van der Waals surface area (Å²) in [6.07, 6.45) is 3.32. The molecule has 0 amide bonds. The molecule has 2 aliphatic heterocycles. The number of aromatic nitrogens is 2. The molecule has 4 heterocycles. The first kappa shape index (κ1) is 24.0. The van der Waals surface area contributed by atoms with Crippen LogP contribution in [0.2, 0.25) is 0 Å². The molecule has 1 atom stereocenters. The van der Waals surface area contributed by atoms with Crippen molar-refractivity contribution in [3.8, 4) is 5.75 Å². The SMILES string of the molecule is COc1ccnc(CNc2ccc3c(c2)Sc2cccc(C4CN(c5ccc[nH]c5=O)CCO4)c2S3)c1. The van der Waals surface area contributed by atoms with Crippen molar-refractivity contribution >= 4 is 34.9 Å². The molecule has 0 bridgehead atoms. The molecule has 2 aromatic carbocycles. The smallest absolute Gasteiger partial charge is 0.271 e. The second kappa shape index (κ2) is 10.5. The van der Waals surface area contributed by atoms with E-state index >= 15 is 0 Å². The Morgan fingerprint density at radius 1 is 1.11 bits per heavy atom. The Morgan fingerprint density at radius 2 is 2.05 bits per heavy atom. The van der Waals surface area contributed by atoms with Crippen molar-refractivity contribution in [1.82, 2.24) is 9.97 Å². The molecule has 6 rings (SSSR count). The zero-order chi connectivity index (χ0) is 25.2. The van der Waals surface area contributed by atoms with Crippen LogP contribution in [0.3, 0.4) is 0 Å². The average Bonchev–Trinajstić information content (AvgIpc) is 2.95. The van der Waals surface area contributed by atoms with Crippen LogP contribution >= 0.6 is 23.5 Å². The summed E-state index contributed by atoms with van der Waals surface area (Å²) in [6, 6.07) is 20.4. The number of pyridine rings is 2. The highest BCUT2D eigenvalue weighted by Gasteiger charge is 2.29. The number of morpholine rings is 1. The van der Waals surface area contributed by atoms with Crippen molar-refractivity contribution in [2.24, 2.45) is 0 Å². The summed E-state index contributed by atoms with van der Waals surface area (Å²) in [4.78, 5) is 26.6. The molecule has 2 N–H and O–H groups in total. The third-order valence-electron chi connectivity index (χ3n) is 6.43. The second-order valence-electron chi connectivity index (χ2n) is 8.77. The van der Waals surface area contributed by atoms with Crippen molar-refractivity contribution in [1.29, 1.82) is 0 Å². The van der Waals surface area contributed by atoms with Gasteiger partial charge in [0, 0.05) is 56.8 Å². The van der Waals surface area contributed by atoms with Gasteiger partial charge in [-0.25, -0.2) is 0 Å². The van der Waals surface area contributed by atoms with Gasteiger partial charge < -0.3 is 24.7 Å². The zero-order valence-corrected chi connectivity index (χ0v) is 21.9. The number of fused-ring (bicyclic) bond motifs is 2. The van der Waals surface area contributed by atoms with Crippen LogP contribution < -0.4 is 20.5 Å². The normalized spacial score (nSPS) is 16.6. The molecule has 188 valence electrons. The third-order valence-corrected chi connectivity index (χ3v) is 9.05. The lowest BCUT2D eigenvalue weighted by atomic mass is 10.1. The first-order chi connectivity index (χ1) is 18.2. The van der Waals surface area contributed by atoms with E-state index in [4.69, 9.17) is 9.47 Å². The molecule has 0 saturated carbocycles. The van der Waals surface area contributed by atoms with Crippen LogP contribution in [0.4, 0.5) is 11.4 Å². The molecule has 0 spiro atoms. The molecule has 2 aromatic heterocycles. The van der Waals surface area contributed by atoms with Crippen molar-refractivity contribution in [2.45, 2.75) is 32.2 Å². The van der Waals surface area contributed by atoms with Crippen molar-refractivity contribution in [3.05, 3.63) is 94.7 Å². The van der Waals surface area contributed by atoms with E-state index in [9.17, 15) is 4.79 Å². The maximum atomic E-state index is 12.4. The molecule has 0 aliphatic carbocycles. The molecule has 9 heteroatoms. The topological polar surface area (TPSA) is 79.5 Å². The number of ether oxygens (including phenoxy) is 2. The van der Waals surface area contributed by atoms with Gasteiger partial charge in [0.05, 0.1) is 26.0 Å². The predicted octanol–water partition coefficient (Wildman–Crippen LogP) is 5.58. The highest BCUT2D eigenvalue weighted by molar-refractivity contribution is 8.05. The number of nitrogens with zero attached hydrogens (tertiary/aromatic N) is 2. The molecular formula is C28H26N4O3S2. The van der Waals surface area contributed by atoms with Gasteiger partial charge in [0.1, 0.15) is 17.5 Å². The fourth-order valence-corrected chi connectivity index (χ4v) is 7.03. The third kappa shape index (κ3) is 5.07. The number of H-pyrrole nitrogens is 1. The minimum Gasteiger partial charge on any atom is -0.497 e. The standard InChI is InChI=1S/C28H26N4O3S2/c1-34-20-9-11-29-19(14-20)16-31-18-7-8-24-26(15-18)36-25-6-2-4-21(27(25)37-24)23-17-32(12-13-35-23)22-5-3-10-30-28(22)33/h2-11,14-15,23,31H,12-13,16-17H2,1H3,(H,30,33). The number of rotatable bonds is 6. The van der Waals surface area contributed by atoms with E-state index < -0.39 is 0 Å². The molecule has 4 aromatic rings. The lowest BCUT2D eigenvalue weighted by Crippen LogP contribution is -2.41. The maximum Gasteiger partial charge on any atom is 0.271 e. The van der Waals surface area contributed by atoms with Crippen LogP contribution in [0.25, 0.3) is 0 Å². The molecule has 0 radical (unpaired) electrons. The number of benzene rings is 2. The van der Waals surface area contributed by atoms with E-state index in [1.54, 1.807) is 43.0 Å². The van der Waals surface area contributed by atoms with Gasteiger partial charge in [-0.2, -0.15) is 0 Å². The lowest BCUT2D eigenvalue weighted by molar-refractivity contribution is 0.0378. The monoisotopic (exact) mass is 530 g/mol. The summed E-state index contributed by atoms with van der Waals surface area (Å²) >= 11 is 3.57. The number of methoxy groups -OCH3 is 1. The van der Waals surface area contributed by atoms with Crippen LogP contribution in [0.15, 0.2) is 97.4 Å². The molecule has 2 aliphatic rings. The Bertz CT molecular complexity index is 1490. The Morgan fingerprint density at radius 3 is 2.95 bits per heavy atom. The average molecular weight is 531 g/mol. The quantitative estimate of drug-likeness (QED) is 0.294. The molecular weight excluding hydrogens is 504 g/mol. The van der Waals surface area contributed by atoms with Gasteiger partial charge >= 0.3 is 0 Å². The Labute approximate surface area is 223 Å². The minimum atomic E-state index is -0.103. The van der Waals surface area contributed by atoms with Gasteiger partial charge in [0.2, 0.25) is 0 Å². The first-order valence-corrected chi connectivity index (χ1v) is 13.7. The van der Waals surface area contributed by atoms with E-state index in [0.29, 0.717) is 31.9 Å². The lowest BCUT2D eigenvalue weighted by Gasteiger charge is -2.35. The van der Waals surface area contributed by atoms with Crippen molar-refractivity contribution < 1.29 is 9.47 Å². The van der Waals surface area contributed by atoms with E-state index in [1.165, 1.54) is 25.1 Å². The second-order valence-corrected chi connectivity index (χ2v) is 10.9. The van der Waals surface area contributed by atoms with Gasteiger partial charge in [-0.15, -0.1) is 0 Å². The fraction of sp³-hybridized carbons (Fsp3) is 0.214. The first-order valence-electron chi connectivity index (χ1n) is 12.1. The van der Waals surface area contributed by atoms with Crippen molar-refractivity contribution in [2.75, 3.05) is 37.0 Å². The maximum absolute atomic E-state index is 12.4.